The molecule has 1 aliphatic heterocycles. The standard InChI is InChI=1S/C14H18N6O/c1-10-8-17-13(18-10)14(21)19-11-2-6-20(7-3-11)12-9-15-4-5-16-12/h4-5,8-9,11H,2-3,6-7H2,1H3,(H,17,18)(H,19,21). The number of piperidine rings is 1. The third kappa shape index (κ3) is 3.18. The van der Waals surface area contributed by atoms with E-state index >= 15 is 0 Å². The van der Waals surface area contributed by atoms with Crippen molar-refractivity contribution >= 4 is 11.7 Å². The Morgan fingerprint density at radius 1 is 1.29 bits per heavy atom. The first-order chi connectivity index (χ1) is 10.2. The van der Waals surface area contributed by atoms with Crippen LogP contribution in [0.1, 0.15) is 29.2 Å². The molecule has 2 aromatic rings. The highest BCUT2D eigenvalue weighted by atomic mass is 16.2. The number of amides is 1. The summed E-state index contributed by atoms with van der Waals surface area (Å²) in [6.45, 7) is 3.60. The van der Waals surface area contributed by atoms with Crippen molar-refractivity contribution in [3.63, 3.8) is 0 Å². The Bertz CT molecular complexity index is 603. The Balaban J connectivity index is 1.53. The van der Waals surface area contributed by atoms with Crippen molar-refractivity contribution in [2.75, 3.05) is 18.0 Å². The molecule has 0 aliphatic carbocycles. The molecule has 2 N–H and O–H groups in total. The normalized spacial score (nSPS) is 16.0. The Kier molecular flexibility index (Phi) is 3.81. The first kappa shape index (κ1) is 13.5. The fourth-order valence-corrected chi connectivity index (χ4v) is 2.49. The van der Waals surface area contributed by atoms with Crippen molar-refractivity contribution in [2.45, 2.75) is 25.8 Å². The molecule has 3 rings (SSSR count). The number of nitrogens with zero attached hydrogens (tertiary/aromatic N) is 4. The van der Waals surface area contributed by atoms with Crippen LogP contribution in [0.3, 0.4) is 0 Å². The van der Waals surface area contributed by atoms with Crippen molar-refractivity contribution in [3.05, 3.63) is 36.3 Å². The number of carbonyl (C=O) groups is 1. The van der Waals surface area contributed by atoms with Crippen LogP contribution in [0.5, 0.6) is 0 Å². The minimum atomic E-state index is -0.138. The molecule has 0 atom stereocenters. The molecular weight excluding hydrogens is 268 g/mol. The van der Waals surface area contributed by atoms with Crippen molar-refractivity contribution in [2.24, 2.45) is 0 Å². The van der Waals surface area contributed by atoms with Crippen LogP contribution in [-0.2, 0) is 0 Å². The van der Waals surface area contributed by atoms with E-state index in [9.17, 15) is 4.79 Å². The molecule has 0 saturated carbocycles. The number of carbonyl (C=O) groups excluding carboxylic acids is 1. The number of aryl methyl sites for hydroxylation is 1. The van der Waals surface area contributed by atoms with E-state index < -0.39 is 0 Å². The Labute approximate surface area is 122 Å². The number of nitrogens with one attached hydrogen (secondary N) is 2. The van der Waals surface area contributed by atoms with Gasteiger partial charge in [0.2, 0.25) is 0 Å². The van der Waals surface area contributed by atoms with Crippen LogP contribution < -0.4 is 10.2 Å². The minimum Gasteiger partial charge on any atom is -0.355 e. The highest BCUT2D eigenvalue weighted by Gasteiger charge is 2.22. The zero-order valence-corrected chi connectivity index (χ0v) is 11.9. The topological polar surface area (TPSA) is 86.8 Å². The monoisotopic (exact) mass is 286 g/mol. The number of anilines is 1. The fraction of sp³-hybridized carbons (Fsp3) is 0.429. The summed E-state index contributed by atoms with van der Waals surface area (Å²) in [4.78, 5) is 29.6. The second-order valence-electron chi connectivity index (χ2n) is 5.21. The van der Waals surface area contributed by atoms with Gasteiger partial charge in [-0.1, -0.05) is 0 Å². The molecule has 21 heavy (non-hydrogen) atoms. The SMILES string of the molecule is Cc1cnc(C(=O)NC2CCN(c3cnccn3)CC2)[nH]1. The minimum absolute atomic E-state index is 0.138. The van der Waals surface area contributed by atoms with Crippen LogP contribution in [0.25, 0.3) is 0 Å². The maximum atomic E-state index is 12.0. The molecule has 1 amide bonds. The van der Waals surface area contributed by atoms with E-state index in [1.54, 1.807) is 24.8 Å². The third-order valence-corrected chi connectivity index (χ3v) is 3.62. The summed E-state index contributed by atoms with van der Waals surface area (Å²) in [5, 5.41) is 3.03. The predicted octanol–water partition coefficient (Wildman–Crippen LogP) is 0.907. The number of aromatic amines is 1. The van der Waals surface area contributed by atoms with Crippen LogP contribution in [-0.4, -0.2) is 45.0 Å². The highest BCUT2D eigenvalue weighted by molar-refractivity contribution is 5.90. The fourth-order valence-electron chi connectivity index (χ4n) is 2.49. The summed E-state index contributed by atoms with van der Waals surface area (Å²) < 4.78 is 0. The van der Waals surface area contributed by atoms with Crippen LogP contribution in [0.15, 0.2) is 24.8 Å². The summed E-state index contributed by atoms with van der Waals surface area (Å²) in [6, 6.07) is 0.177. The van der Waals surface area contributed by atoms with Gasteiger partial charge >= 0.3 is 0 Å². The van der Waals surface area contributed by atoms with Gasteiger partial charge in [-0.2, -0.15) is 0 Å². The molecule has 2 aromatic heterocycles. The van der Waals surface area contributed by atoms with Crippen molar-refractivity contribution < 1.29 is 4.79 Å². The number of imidazole rings is 1. The predicted molar refractivity (Wildman–Crippen MR) is 78.1 cm³/mol. The first-order valence-electron chi connectivity index (χ1n) is 7.06. The molecule has 1 saturated heterocycles. The summed E-state index contributed by atoms with van der Waals surface area (Å²) in [5.74, 6) is 1.13. The van der Waals surface area contributed by atoms with Crippen LogP contribution >= 0.6 is 0 Å². The van der Waals surface area contributed by atoms with Crippen molar-refractivity contribution in [1.82, 2.24) is 25.3 Å². The summed E-state index contributed by atoms with van der Waals surface area (Å²) in [7, 11) is 0. The molecule has 7 nitrogen and oxygen atoms in total. The average Bonchev–Trinajstić information content (AvgIpc) is 2.96. The van der Waals surface area contributed by atoms with Gasteiger partial charge in [0.25, 0.3) is 5.91 Å². The van der Waals surface area contributed by atoms with Gasteiger partial charge in [-0.15, -0.1) is 0 Å². The quantitative estimate of drug-likeness (QED) is 0.875. The summed E-state index contributed by atoms with van der Waals surface area (Å²) in [5.41, 5.74) is 0.887. The Morgan fingerprint density at radius 3 is 2.71 bits per heavy atom. The molecule has 0 unspecified atom stereocenters. The van der Waals surface area contributed by atoms with Gasteiger partial charge in [0.15, 0.2) is 5.82 Å². The number of hydrogen-bond acceptors (Lipinski definition) is 5. The van der Waals surface area contributed by atoms with Crippen molar-refractivity contribution in [1.29, 1.82) is 0 Å². The largest absolute Gasteiger partial charge is 0.355 e. The number of rotatable bonds is 3. The highest BCUT2D eigenvalue weighted by Crippen LogP contribution is 2.16. The Hall–Kier alpha value is -2.44. The van der Waals surface area contributed by atoms with Crippen LogP contribution in [0.4, 0.5) is 5.82 Å². The maximum Gasteiger partial charge on any atom is 0.287 e. The van der Waals surface area contributed by atoms with Gasteiger partial charge in [0.1, 0.15) is 5.82 Å². The lowest BCUT2D eigenvalue weighted by molar-refractivity contribution is 0.0921. The van der Waals surface area contributed by atoms with Gasteiger partial charge in [0, 0.05) is 43.4 Å². The van der Waals surface area contributed by atoms with E-state index in [-0.39, 0.29) is 11.9 Å². The zero-order valence-electron chi connectivity index (χ0n) is 11.9. The number of H-pyrrole nitrogens is 1. The van der Waals surface area contributed by atoms with Gasteiger partial charge in [-0.25, -0.2) is 9.97 Å². The van der Waals surface area contributed by atoms with E-state index in [0.717, 1.165) is 37.4 Å². The molecule has 1 fully saturated rings. The van der Waals surface area contributed by atoms with Gasteiger partial charge < -0.3 is 15.2 Å². The lowest BCUT2D eigenvalue weighted by Gasteiger charge is -2.32. The van der Waals surface area contributed by atoms with Crippen molar-refractivity contribution in [3.8, 4) is 0 Å². The van der Waals surface area contributed by atoms with Crippen LogP contribution in [0.2, 0.25) is 0 Å². The second kappa shape index (κ2) is 5.90. The number of aromatic nitrogens is 4. The molecule has 1 aliphatic rings. The summed E-state index contributed by atoms with van der Waals surface area (Å²) in [6.07, 6.45) is 8.57. The van der Waals surface area contributed by atoms with E-state index in [0.29, 0.717) is 5.82 Å². The van der Waals surface area contributed by atoms with E-state index in [2.05, 4.69) is 30.2 Å². The molecule has 0 bridgehead atoms. The average molecular weight is 286 g/mol. The van der Waals surface area contributed by atoms with E-state index in [1.807, 2.05) is 6.92 Å². The second-order valence-corrected chi connectivity index (χ2v) is 5.21. The van der Waals surface area contributed by atoms with Crippen LogP contribution in [0, 0.1) is 6.92 Å². The van der Waals surface area contributed by atoms with E-state index in [1.165, 1.54) is 0 Å². The first-order valence-corrected chi connectivity index (χ1v) is 7.06. The van der Waals surface area contributed by atoms with E-state index in [4.69, 9.17) is 0 Å². The molecule has 110 valence electrons. The van der Waals surface area contributed by atoms with Gasteiger partial charge in [-0.3, -0.25) is 9.78 Å². The molecule has 0 spiro atoms. The Morgan fingerprint density at radius 2 is 2.10 bits per heavy atom. The molecular formula is C14H18N6O. The van der Waals surface area contributed by atoms with Gasteiger partial charge in [-0.05, 0) is 19.8 Å². The molecule has 0 radical (unpaired) electrons. The number of hydrogen-bond donors (Lipinski definition) is 2. The third-order valence-electron chi connectivity index (χ3n) is 3.62. The zero-order chi connectivity index (χ0) is 14.7. The van der Waals surface area contributed by atoms with Gasteiger partial charge in [0.05, 0.1) is 6.20 Å². The lowest BCUT2D eigenvalue weighted by atomic mass is 10.1. The molecule has 0 aromatic carbocycles. The smallest absolute Gasteiger partial charge is 0.287 e. The molecule has 3 heterocycles. The summed E-state index contributed by atoms with van der Waals surface area (Å²) >= 11 is 0. The maximum absolute atomic E-state index is 12.0. The molecule has 7 heteroatoms. The lowest BCUT2D eigenvalue weighted by Crippen LogP contribution is -2.45.